The number of aryl methyl sites for hydroxylation is 1. The van der Waals surface area contributed by atoms with E-state index in [0.29, 0.717) is 0 Å². The Morgan fingerprint density at radius 3 is 2.12 bits per heavy atom. The summed E-state index contributed by atoms with van der Waals surface area (Å²) in [7, 11) is 0. The van der Waals surface area contributed by atoms with Gasteiger partial charge in [0.25, 0.3) is 0 Å². The topological polar surface area (TPSA) is 84.8 Å². The van der Waals surface area contributed by atoms with Gasteiger partial charge in [0, 0.05) is 0 Å². The number of nitrogens with zero attached hydrogens (tertiary/aromatic N) is 4. The molecular weight excluding hydrogens is 404 g/mol. The Morgan fingerprint density at radius 1 is 0.906 bits per heavy atom. The van der Waals surface area contributed by atoms with E-state index >= 15 is 0 Å². The van der Waals surface area contributed by atoms with E-state index in [1.807, 2.05) is 96.0 Å². The van der Waals surface area contributed by atoms with Crippen LogP contribution in [0.4, 0.5) is 11.4 Å². The van der Waals surface area contributed by atoms with E-state index in [9.17, 15) is 10.1 Å². The highest BCUT2D eigenvalue weighted by atomic mass is 16.6. The Balaban J connectivity index is 1.77. The number of hydrogen-bond donors (Lipinski definition) is 0. The standard InChI is InChI=1S/C25H20N4O3/c1-17-23(29(30)31)25(32-27-17)24-21(18-11-5-2-6-12-18)22(19-13-7-3-8-14-19)26-28(24)20-15-9-4-10-16-20/h2-16,21,24H,1H3/t21-,24+/m1/s1. The fourth-order valence-electron chi connectivity index (χ4n) is 4.24. The van der Waals surface area contributed by atoms with Crippen molar-refractivity contribution in [3.8, 4) is 0 Å². The molecule has 2 atom stereocenters. The van der Waals surface area contributed by atoms with Crippen LogP contribution in [0.3, 0.4) is 0 Å². The molecule has 0 saturated heterocycles. The number of rotatable bonds is 5. The van der Waals surface area contributed by atoms with Gasteiger partial charge in [0.2, 0.25) is 5.76 Å². The van der Waals surface area contributed by atoms with E-state index in [2.05, 4.69) is 5.16 Å². The average molecular weight is 424 g/mol. The second-order valence-electron chi connectivity index (χ2n) is 7.60. The van der Waals surface area contributed by atoms with Gasteiger partial charge in [-0.3, -0.25) is 15.1 Å². The Bertz CT molecular complexity index is 1270. The largest absolute Gasteiger partial charge is 0.351 e. The van der Waals surface area contributed by atoms with Gasteiger partial charge in [-0.25, -0.2) is 0 Å². The molecular formula is C25H20N4O3. The zero-order valence-electron chi connectivity index (χ0n) is 17.3. The minimum absolute atomic E-state index is 0.110. The molecule has 1 aliphatic rings. The molecule has 0 aliphatic carbocycles. The number of benzene rings is 3. The summed E-state index contributed by atoms with van der Waals surface area (Å²) < 4.78 is 5.62. The fourth-order valence-corrected chi connectivity index (χ4v) is 4.24. The third-order valence-electron chi connectivity index (χ3n) is 5.65. The molecule has 0 bridgehead atoms. The first kappa shape index (κ1) is 19.7. The van der Waals surface area contributed by atoms with Crippen LogP contribution in [0.2, 0.25) is 0 Å². The molecule has 32 heavy (non-hydrogen) atoms. The van der Waals surface area contributed by atoms with Crippen molar-refractivity contribution >= 4 is 17.1 Å². The van der Waals surface area contributed by atoms with Gasteiger partial charge in [-0.2, -0.15) is 5.10 Å². The number of aromatic nitrogens is 1. The number of hydrogen-bond acceptors (Lipinski definition) is 6. The fraction of sp³-hybridized carbons (Fsp3) is 0.120. The third-order valence-corrected chi connectivity index (χ3v) is 5.65. The Kier molecular flexibility index (Phi) is 4.99. The van der Waals surface area contributed by atoms with E-state index in [0.717, 1.165) is 22.5 Å². The van der Waals surface area contributed by atoms with Crippen LogP contribution in [-0.4, -0.2) is 15.8 Å². The number of hydrazone groups is 1. The summed E-state index contributed by atoms with van der Waals surface area (Å²) >= 11 is 0. The van der Waals surface area contributed by atoms with Gasteiger partial charge in [0.05, 0.1) is 22.2 Å². The molecule has 0 unspecified atom stereocenters. The summed E-state index contributed by atoms with van der Waals surface area (Å²) in [4.78, 5) is 11.5. The maximum absolute atomic E-state index is 11.9. The van der Waals surface area contributed by atoms with Gasteiger partial charge in [0.15, 0.2) is 5.69 Å². The summed E-state index contributed by atoms with van der Waals surface area (Å²) in [6.07, 6.45) is 0. The molecule has 4 aromatic rings. The first-order valence-electron chi connectivity index (χ1n) is 10.3. The minimum Gasteiger partial charge on any atom is -0.351 e. The van der Waals surface area contributed by atoms with Crippen LogP contribution < -0.4 is 5.01 Å². The van der Waals surface area contributed by atoms with Gasteiger partial charge in [-0.05, 0) is 30.2 Å². The predicted molar refractivity (Wildman–Crippen MR) is 122 cm³/mol. The van der Waals surface area contributed by atoms with E-state index in [1.54, 1.807) is 6.92 Å². The Labute approximate surface area is 184 Å². The highest BCUT2D eigenvalue weighted by molar-refractivity contribution is 6.08. The normalized spacial score (nSPS) is 17.9. The first-order valence-corrected chi connectivity index (χ1v) is 10.3. The maximum atomic E-state index is 11.9. The van der Waals surface area contributed by atoms with Crippen LogP contribution in [-0.2, 0) is 0 Å². The predicted octanol–water partition coefficient (Wildman–Crippen LogP) is 5.64. The van der Waals surface area contributed by atoms with Crippen molar-refractivity contribution in [2.75, 3.05) is 5.01 Å². The molecule has 0 amide bonds. The maximum Gasteiger partial charge on any atom is 0.336 e. The highest BCUT2D eigenvalue weighted by Gasteiger charge is 2.47. The summed E-state index contributed by atoms with van der Waals surface area (Å²) in [6.45, 7) is 1.59. The minimum atomic E-state index is -0.573. The van der Waals surface area contributed by atoms with E-state index in [4.69, 9.17) is 9.62 Å². The van der Waals surface area contributed by atoms with Gasteiger partial charge in [-0.15, -0.1) is 0 Å². The molecule has 0 N–H and O–H groups in total. The molecule has 0 radical (unpaired) electrons. The molecule has 1 aromatic heterocycles. The lowest BCUT2D eigenvalue weighted by Gasteiger charge is -2.26. The molecule has 7 heteroatoms. The molecule has 1 aliphatic heterocycles. The van der Waals surface area contributed by atoms with E-state index in [1.165, 1.54) is 0 Å². The molecule has 2 heterocycles. The summed E-state index contributed by atoms with van der Waals surface area (Å²) in [5, 5.41) is 22.7. The number of para-hydroxylation sites is 1. The van der Waals surface area contributed by atoms with Crippen LogP contribution in [0.1, 0.15) is 34.5 Å². The van der Waals surface area contributed by atoms with Crippen molar-refractivity contribution in [2.45, 2.75) is 18.9 Å². The van der Waals surface area contributed by atoms with Crippen molar-refractivity contribution in [3.63, 3.8) is 0 Å². The van der Waals surface area contributed by atoms with E-state index in [-0.39, 0.29) is 23.1 Å². The van der Waals surface area contributed by atoms with Gasteiger partial charge >= 0.3 is 5.69 Å². The van der Waals surface area contributed by atoms with Crippen molar-refractivity contribution in [1.82, 2.24) is 5.16 Å². The van der Waals surface area contributed by atoms with Crippen LogP contribution >= 0.6 is 0 Å². The smallest absolute Gasteiger partial charge is 0.336 e. The lowest BCUT2D eigenvalue weighted by molar-refractivity contribution is -0.386. The Morgan fingerprint density at radius 2 is 1.50 bits per heavy atom. The Hall–Kier alpha value is -4.26. The number of nitro groups is 1. The number of anilines is 1. The van der Waals surface area contributed by atoms with Crippen molar-refractivity contribution in [1.29, 1.82) is 0 Å². The molecule has 0 spiro atoms. The lowest BCUT2D eigenvalue weighted by Crippen LogP contribution is -2.25. The molecule has 0 fully saturated rings. The highest BCUT2D eigenvalue weighted by Crippen LogP contribution is 2.48. The van der Waals surface area contributed by atoms with Gasteiger partial charge in [-0.1, -0.05) is 84.0 Å². The SMILES string of the molecule is Cc1noc([C@@H]2[C@H](c3ccccc3)C(c3ccccc3)=NN2c2ccccc2)c1[N+](=O)[O-]. The van der Waals surface area contributed by atoms with Crippen LogP contribution in [0.25, 0.3) is 0 Å². The van der Waals surface area contributed by atoms with Gasteiger partial charge in [0.1, 0.15) is 6.04 Å². The average Bonchev–Trinajstić information content (AvgIpc) is 3.41. The molecule has 5 rings (SSSR count). The molecule has 3 aromatic carbocycles. The quantitative estimate of drug-likeness (QED) is 0.306. The monoisotopic (exact) mass is 424 g/mol. The lowest BCUT2D eigenvalue weighted by atomic mass is 9.83. The summed E-state index contributed by atoms with van der Waals surface area (Å²) in [5.74, 6) is -0.107. The van der Waals surface area contributed by atoms with Gasteiger partial charge < -0.3 is 4.52 Å². The second-order valence-corrected chi connectivity index (χ2v) is 7.60. The second kappa shape index (κ2) is 8.11. The molecule has 0 saturated carbocycles. The van der Waals surface area contributed by atoms with E-state index < -0.39 is 11.0 Å². The summed E-state index contributed by atoms with van der Waals surface area (Å²) in [6, 6.07) is 28.8. The van der Waals surface area contributed by atoms with Crippen molar-refractivity contribution < 1.29 is 9.45 Å². The zero-order valence-corrected chi connectivity index (χ0v) is 17.3. The van der Waals surface area contributed by atoms with Crippen LogP contribution in [0, 0.1) is 17.0 Å². The van der Waals surface area contributed by atoms with Crippen molar-refractivity contribution in [3.05, 3.63) is 124 Å². The van der Waals surface area contributed by atoms with Crippen molar-refractivity contribution in [2.24, 2.45) is 5.10 Å². The van der Waals surface area contributed by atoms with Crippen LogP contribution in [0.5, 0.6) is 0 Å². The molecule has 7 nitrogen and oxygen atoms in total. The third kappa shape index (κ3) is 3.33. The van der Waals surface area contributed by atoms with Crippen LogP contribution in [0.15, 0.2) is 101 Å². The zero-order chi connectivity index (χ0) is 22.1. The summed E-state index contributed by atoms with van der Waals surface area (Å²) in [5.41, 5.74) is 3.70. The first-order chi connectivity index (χ1) is 15.6. The molecule has 158 valence electrons.